The summed E-state index contributed by atoms with van der Waals surface area (Å²) in [4.78, 5) is 16.6. The Labute approximate surface area is 153 Å². The largest absolute Gasteiger partial charge is 0.337 e. The van der Waals surface area contributed by atoms with Gasteiger partial charge in [0.2, 0.25) is 0 Å². The summed E-state index contributed by atoms with van der Waals surface area (Å²) in [7, 11) is 2.24. The molecule has 1 saturated heterocycles. The third-order valence-corrected chi connectivity index (χ3v) is 5.60. The molecule has 5 heteroatoms. The number of likely N-dealkylation sites (tertiary alicyclic amines) is 1. The fraction of sp³-hybridized carbons (Fsp3) is 0.350. The molecule has 4 nitrogen and oxygen atoms in total. The maximum atomic E-state index is 13.1. The molecule has 2 aliphatic heterocycles. The molecule has 0 saturated carbocycles. The summed E-state index contributed by atoms with van der Waals surface area (Å²) in [6.07, 6.45) is 1.02. The average molecular weight is 357 g/mol. The number of amides is 2. The highest BCUT2D eigenvalue weighted by molar-refractivity contribution is 6.30. The summed E-state index contributed by atoms with van der Waals surface area (Å²) in [5.74, 6) is 0.411. The number of anilines is 2. The molecule has 130 valence electrons. The van der Waals surface area contributed by atoms with Crippen LogP contribution in [0.5, 0.6) is 0 Å². The number of nitrogens with one attached hydrogen (secondary N) is 2. The van der Waals surface area contributed by atoms with Gasteiger partial charge in [0.1, 0.15) is 0 Å². The van der Waals surface area contributed by atoms with Crippen LogP contribution in [0.3, 0.4) is 0 Å². The molecule has 2 N–H and O–H groups in total. The second kappa shape index (κ2) is 6.36. The minimum Gasteiger partial charge on any atom is -0.337 e. The number of likely N-dealkylation sites (N-methyl/N-ethyl adjacent to an activating group) is 1. The number of carbonyl (C=O) groups excluding carboxylic acids is 1. The van der Waals surface area contributed by atoms with Crippen LogP contribution in [-0.2, 0) is 0 Å². The van der Waals surface area contributed by atoms with Crippen molar-refractivity contribution >= 4 is 29.0 Å². The van der Waals surface area contributed by atoms with Crippen LogP contribution in [0, 0.1) is 6.92 Å². The maximum Gasteiger partial charge on any atom is 0.326 e. The van der Waals surface area contributed by atoms with Crippen LogP contribution in [0.2, 0.25) is 5.02 Å². The van der Waals surface area contributed by atoms with E-state index in [2.05, 4.69) is 37.5 Å². The molecule has 2 amide bonds. The first-order valence-corrected chi connectivity index (χ1v) is 9.18. The number of benzene rings is 2. The first-order valence-electron chi connectivity index (χ1n) is 8.80. The van der Waals surface area contributed by atoms with E-state index in [-0.39, 0.29) is 12.1 Å². The van der Waals surface area contributed by atoms with Gasteiger partial charge in [-0.1, -0.05) is 35.4 Å². The normalized spacial score (nSPS) is 24.6. The van der Waals surface area contributed by atoms with Crippen LogP contribution >= 0.6 is 11.6 Å². The number of fused-ring (bicyclic) bond motifs is 3. The van der Waals surface area contributed by atoms with Crippen LogP contribution in [-0.4, -0.2) is 32.2 Å². The Morgan fingerprint density at radius 2 is 2.12 bits per heavy atom. The topological polar surface area (TPSA) is 36.8 Å². The second-order valence-corrected chi connectivity index (χ2v) is 7.68. The molecule has 2 aromatic rings. The first kappa shape index (κ1) is 16.4. The van der Waals surface area contributed by atoms with Gasteiger partial charge in [0.05, 0.1) is 32.1 Å². The maximum absolute atomic E-state index is 13.1. The van der Waals surface area contributed by atoms with Gasteiger partial charge in [0, 0.05) is 22.8 Å². The Balaban J connectivity index is 1.67. The van der Waals surface area contributed by atoms with Crippen molar-refractivity contribution in [3.8, 4) is 0 Å². The lowest BCUT2D eigenvalue weighted by Gasteiger charge is -2.34. The lowest BCUT2D eigenvalue weighted by molar-refractivity contribution is -0.886. The van der Waals surface area contributed by atoms with E-state index >= 15 is 0 Å². The lowest BCUT2D eigenvalue weighted by Crippen LogP contribution is -3.11. The molecule has 4 rings (SSSR count). The van der Waals surface area contributed by atoms with Crippen molar-refractivity contribution in [2.45, 2.75) is 25.3 Å². The molecule has 0 aliphatic carbocycles. The number of quaternary nitrogens is 1. The molecule has 2 aliphatic rings. The van der Waals surface area contributed by atoms with Crippen molar-refractivity contribution in [1.82, 2.24) is 0 Å². The Morgan fingerprint density at radius 3 is 2.92 bits per heavy atom. The first-order chi connectivity index (χ1) is 12.0. The van der Waals surface area contributed by atoms with Crippen LogP contribution in [0.1, 0.15) is 23.5 Å². The van der Waals surface area contributed by atoms with Crippen molar-refractivity contribution < 1.29 is 9.69 Å². The molecule has 0 spiro atoms. The summed E-state index contributed by atoms with van der Waals surface area (Å²) in [5.41, 5.74) is 4.34. The monoisotopic (exact) mass is 356 g/mol. The number of urea groups is 1. The molecule has 2 aromatic carbocycles. The van der Waals surface area contributed by atoms with E-state index in [0.29, 0.717) is 10.9 Å². The van der Waals surface area contributed by atoms with Crippen LogP contribution in [0.4, 0.5) is 16.2 Å². The minimum atomic E-state index is -0.0700. The van der Waals surface area contributed by atoms with Crippen molar-refractivity contribution in [1.29, 1.82) is 0 Å². The van der Waals surface area contributed by atoms with Crippen molar-refractivity contribution in [3.05, 3.63) is 58.6 Å². The second-order valence-electron chi connectivity index (χ2n) is 7.25. The smallest absolute Gasteiger partial charge is 0.326 e. The number of hydrogen-bond acceptors (Lipinski definition) is 1. The lowest BCUT2D eigenvalue weighted by atomic mass is 9.89. The molecule has 0 radical (unpaired) electrons. The van der Waals surface area contributed by atoms with Crippen LogP contribution in [0.25, 0.3) is 0 Å². The third-order valence-electron chi connectivity index (χ3n) is 5.37. The van der Waals surface area contributed by atoms with E-state index < -0.39 is 0 Å². The summed E-state index contributed by atoms with van der Waals surface area (Å²) in [6, 6.07) is 13.9. The highest BCUT2D eigenvalue weighted by atomic mass is 35.5. The third kappa shape index (κ3) is 3.00. The number of hydrogen-bond donors (Lipinski definition) is 2. The highest BCUT2D eigenvalue weighted by Gasteiger charge is 2.45. The zero-order chi connectivity index (χ0) is 17.6. The number of nitrogens with zero attached hydrogens (tertiary/aromatic N) is 1. The van der Waals surface area contributed by atoms with E-state index in [4.69, 9.17) is 11.6 Å². The fourth-order valence-corrected chi connectivity index (χ4v) is 4.40. The number of halogens is 1. The Morgan fingerprint density at radius 1 is 1.28 bits per heavy atom. The number of piperidine rings is 1. The standard InChI is InChI=1S/C20H22ClN3O/c1-13-6-7-18-16(10-13)17-12-23(2)9-8-19(17)24(18)20(25)22-15-5-3-4-14(21)11-15/h3-7,10-11,17,19H,8-9,12H2,1-2H3,(H,22,25)/p+1/t17-,19-/m0/s1. The minimum absolute atomic E-state index is 0.0700. The Hall–Kier alpha value is -2.04. The average Bonchev–Trinajstić information content (AvgIpc) is 2.88. The summed E-state index contributed by atoms with van der Waals surface area (Å²) < 4.78 is 0. The summed E-state index contributed by atoms with van der Waals surface area (Å²) in [5, 5.41) is 3.64. The molecular weight excluding hydrogens is 334 g/mol. The van der Waals surface area contributed by atoms with Crippen LogP contribution < -0.4 is 15.1 Å². The number of aryl methyl sites for hydroxylation is 1. The SMILES string of the molecule is Cc1ccc2c(c1)[C@@H]1C[NH+](C)CC[C@@H]1N2C(=O)Nc1cccc(Cl)c1. The Bertz CT molecular complexity index is 822. The van der Waals surface area contributed by atoms with Gasteiger partial charge in [0.15, 0.2) is 0 Å². The Kier molecular flexibility index (Phi) is 4.18. The van der Waals surface area contributed by atoms with Gasteiger partial charge in [-0.15, -0.1) is 0 Å². The van der Waals surface area contributed by atoms with Gasteiger partial charge < -0.3 is 10.2 Å². The zero-order valence-corrected chi connectivity index (χ0v) is 15.3. The van der Waals surface area contributed by atoms with Crippen molar-refractivity contribution in [2.75, 3.05) is 30.4 Å². The number of carbonyl (C=O) groups is 1. The van der Waals surface area contributed by atoms with E-state index in [1.807, 2.05) is 17.0 Å². The van der Waals surface area contributed by atoms with Crippen molar-refractivity contribution in [3.63, 3.8) is 0 Å². The van der Waals surface area contributed by atoms with Gasteiger partial charge in [-0.05, 0) is 36.8 Å². The van der Waals surface area contributed by atoms with E-state index in [1.165, 1.54) is 16.0 Å². The van der Waals surface area contributed by atoms with Gasteiger partial charge in [0.25, 0.3) is 0 Å². The molecule has 25 heavy (non-hydrogen) atoms. The van der Waals surface area contributed by atoms with E-state index in [0.717, 1.165) is 30.9 Å². The predicted molar refractivity (Wildman–Crippen MR) is 102 cm³/mol. The van der Waals surface area contributed by atoms with Crippen molar-refractivity contribution in [2.24, 2.45) is 0 Å². The van der Waals surface area contributed by atoms with Gasteiger partial charge in [-0.25, -0.2) is 4.79 Å². The molecule has 0 aromatic heterocycles. The van der Waals surface area contributed by atoms with Gasteiger partial charge >= 0.3 is 6.03 Å². The van der Waals surface area contributed by atoms with Crippen LogP contribution in [0.15, 0.2) is 42.5 Å². The molecule has 0 bridgehead atoms. The van der Waals surface area contributed by atoms with E-state index in [1.54, 1.807) is 12.1 Å². The quantitative estimate of drug-likeness (QED) is 0.809. The molecular formula is C20H23ClN3O+. The molecule has 1 unspecified atom stereocenters. The zero-order valence-electron chi connectivity index (χ0n) is 14.6. The molecule has 1 fully saturated rings. The van der Waals surface area contributed by atoms with E-state index in [9.17, 15) is 4.79 Å². The van der Waals surface area contributed by atoms with Gasteiger partial charge in [-0.2, -0.15) is 0 Å². The predicted octanol–water partition coefficient (Wildman–Crippen LogP) is 3.07. The molecule has 3 atom stereocenters. The molecule has 2 heterocycles. The fourth-order valence-electron chi connectivity index (χ4n) is 4.21. The summed E-state index contributed by atoms with van der Waals surface area (Å²) in [6.45, 7) is 4.28. The number of rotatable bonds is 1. The highest BCUT2D eigenvalue weighted by Crippen LogP contribution is 2.43. The van der Waals surface area contributed by atoms with Gasteiger partial charge in [-0.3, -0.25) is 4.90 Å². The summed E-state index contributed by atoms with van der Waals surface area (Å²) >= 11 is 6.05.